The van der Waals surface area contributed by atoms with E-state index in [1.807, 2.05) is 0 Å². The summed E-state index contributed by atoms with van der Waals surface area (Å²) in [5, 5.41) is 9.54. The van der Waals surface area contributed by atoms with Crippen LogP contribution in [0.3, 0.4) is 0 Å². The quantitative estimate of drug-likeness (QED) is 0.925. The predicted octanol–water partition coefficient (Wildman–Crippen LogP) is 2.72. The lowest BCUT2D eigenvalue weighted by Crippen LogP contribution is -2.27. The number of ketones is 1. The van der Waals surface area contributed by atoms with Crippen molar-refractivity contribution in [1.82, 2.24) is 0 Å². The van der Waals surface area contributed by atoms with Crippen LogP contribution in [0.15, 0.2) is 22.7 Å². The maximum atomic E-state index is 13.0. The van der Waals surface area contributed by atoms with Gasteiger partial charge in [-0.3, -0.25) is 4.79 Å². The number of aliphatic hydroxyl groups excluding tert-OH is 1. The van der Waals surface area contributed by atoms with Crippen molar-refractivity contribution in [2.45, 2.75) is 26.4 Å². The highest BCUT2D eigenvalue weighted by Gasteiger charge is 2.19. The summed E-state index contributed by atoms with van der Waals surface area (Å²) < 4.78 is 13.6. The molecule has 1 unspecified atom stereocenters. The van der Waals surface area contributed by atoms with Crippen molar-refractivity contribution in [2.24, 2.45) is 5.92 Å². The molecule has 0 saturated carbocycles. The minimum Gasteiger partial charge on any atom is -0.385 e. The second-order valence-corrected chi connectivity index (χ2v) is 5.03. The van der Waals surface area contributed by atoms with E-state index in [9.17, 15) is 14.3 Å². The molecule has 4 heteroatoms. The number of carbonyl (C=O) groups excluding carboxylic acids is 1. The van der Waals surface area contributed by atoms with Gasteiger partial charge in [0.25, 0.3) is 0 Å². The molecule has 16 heavy (non-hydrogen) atoms. The molecule has 0 aliphatic heterocycles. The molecule has 0 aliphatic carbocycles. The summed E-state index contributed by atoms with van der Waals surface area (Å²) in [6, 6.07) is 4.30. The number of aliphatic hydroxyl groups is 1. The van der Waals surface area contributed by atoms with Gasteiger partial charge in [0, 0.05) is 10.9 Å². The van der Waals surface area contributed by atoms with Gasteiger partial charge < -0.3 is 5.11 Å². The molecule has 0 saturated heterocycles. The van der Waals surface area contributed by atoms with Gasteiger partial charge in [-0.15, -0.1) is 0 Å². The lowest BCUT2D eigenvalue weighted by Gasteiger charge is -2.13. The summed E-state index contributed by atoms with van der Waals surface area (Å²) >= 11 is 3.16. The van der Waals surface area contributed by atoms with E-state index < -0.39 is 11.9 Å². The molecule has 1 aromatic rings. The Morgan fingerprint density at radius 1 is 1.44 bits per heavy atom. The molecule has 1 rings (SSSR count). The Bertz CT molecular complexity index is 370. The SMILES string of the molecule is CC(C)C(O)C(=O)Cc1cc(F)cc(Br)c1. The van der Waals surface area contributed by atoms with Crippen molar-refractivity contribution in [3.63, 3.8) is 0 Å². The second kappa shape index (κ2) is 5.55. The Morgan fingerprint density at radius 2 is 2.06 bits per heavy atom. The summed E-state index contributed by atoms with van der Waals surface area (Å²) in [5.41, 5.74) is 0.566. The molecular formula is C12H14BrFO2. The van der Waals surface area contributed by atoms with Crippen LogP contribution in [0.2, 0.25) is 0 Å². The van der Waals surface area contributed by atoms with Gasteiger partial charge >= 0.3 is 0 Å². The monoisotopic (exact) mass is 288 g/mol. The number of carbonyl (C=O) groups is 1. The first-order chi connectivity index (χ1) is 7.40. The van der Waals surface area contributed by atoms with Gasteiger partial charge in [0.15, 0.2) is 5.78 Å². The molecular weight excluding hydrogens is 275 g/mol. The number of halogens is 2. The zero-order valence-electron chi connectivity index (χ0n) is 9.21. The maximum Gasteiger partial charge on any atom is 0.165 e. The first kappa shape index (κ1) is 13.3. The lowest BCUT2D eigenvalue weighted by atomic mass is 9.98. The number of rotatable bonds is 4. The van der Waals surface area contributed by atoms with Crippen molar-refractivity contribution in [3.8, 4) is 0 Å². The topological polar surface area (TPSA) is 37.3 Å². The third-order valence-electron chi connectivity index (χ3n) is 2.26. The Morgan fingerprint density at radius 3 is 2.56 bits per heavy atom. The van der Waals surface area contributed by atoms with Gasteiger partial charge in [-0.05, 0) is 29.7 Å². The predicted molar refractivity (Wildman–Crippen MR) is 63.7 cm³/mol. The number of hydrogen-bond donors (Lipinski definition) is 1. The fourth-order valence-corrected chi connectivity index (χ4v) is 1.90. The van der Waals surface area contributed by atoms with E-state index in [2.05, 4.69) is 15.9 Å². The smallest absolute Gasteiger partial charge is 0.165 e. The van der Waals surface area contributed by atoms with Gasteiger partial charge in [-0.2, -0.15) is 0 Å². The number of benzene rings is 1. The maximum absolute atomic E-state index is 13.0. The highest BCUT2D eigenvalue weighted by Crippen LogP contribution is 2.16. The largest absolute Gasteiger partial charge is 0.385 e. The van der Waals surface area contributed by atoms with Crippen LogP contribution in [-0.4, -0.2) is 17.0 Å². The fourth-order valence-electron chi connectivity index (χ4n) is 1.39. The molecule has 0 bridgehead atoms. The molecule has 0 amide bonds. The Labute approximate surface area is 103 Å². The van der Waals surface area contributed by atoms with Crippen LogP contribution in [-0.2, 0) is 11.2 Å². The van der Waals surface area contributed by atoms with E-state index >= 15 is 0 Å². The highest BCUT2D eigenvalue weighted by molar-refractivity contribution is 9.10. The molecule has 0 spiro atoms. The van der Waals surface area contributed by atoms with Gasteiger partial charge in [-0.25, -0.2) is 4.39 Å². The van der Waals surface area contributed by atoms with Crippen molar-refractivity contribution < 1.29 is 14.3 Å². The minimum atomic E-state index is -0.984. The van der Waals surface area contributed by atoms with E-state index in [-0.39, 0.29) is 18.1 Å². The highest BCUT2D eigenvalue weighted by atomic mass is 79.9. The van der Waals surface area contributed by atoms with E-state index in [1.54, 1.807) is 19.9 Å². The summed E-state index contributed by atoms with van der Waals surface area (Å²) in [4.78, 5) is 11.6. The Kier molecular flexibility index (Phi) is 4.62. The van der Waals surface area contributed by atoms with Gasteiger partial charge in [0.2, 0.25) is 0 Å². The molecule has 0 radical (unpaired) electrons. The third-order valence-corrected chi connectivity index (χ3v) is 2.72. The van der Waals surface area contributed by atoms with Crippen LogP contribution in [0, 0.1) is 11.7 Å². The summed E-state index contributed by atoms with van der Waals surface area (Å²) in [6.07, 6.45) is -0.933. The zero-order chi connectivity index (χ0) is 12.3. The third kappa shape index (κ3) is 3.68. The molecule has 0 heterocycles. The van der Waals surface area contributed by atoms with Gasteiger partial charge in [0.05, 0.1) is 0 Å². The van der Waals surface area contributed by atoms with Crippen LogP contribution in [0.1, 0.15) is 19.4 Å². The zero-order valence-corrected chi connectivity index (χ0v) is 10.8. The van der Waals surface area contributed by atoms with E-state index in [4.69, 9.17) is 0 Å². The normalized spacial score (nSPS) is 12.9. The summed E-state index contributed by atoms with van der Waals surface area (Å²) in [5.74, 6) is -0.798. The van der Waals surface area contributed by atoms with E-state index in [1.165, 1.54) is 12.1 Å². The van der Waals surface area contributed by atoms with Crippen molar-refractivity contribution in [2.75, 3.05) is 0 Å². The minimum absolute atomic E-state index is 0.0513. The summed E-state index contributed by atoms with van der Waals surface area (Å²) in [6.45, 7) is 3.54. The van der Waals surface area contributed by atoms with Crippen LogP contribution >= 0.6 is 15.9 Å². The lowest BCUT2D eigenvalue weighted by molar-refractivity contribution is -0.128. The second-order valence-electron chi connectivity index (χ2n) is 4.11. The molecule has 2 nitrogen and oxygen atoms in total. The van der Waals surface area contributed by atoms with Crippen molar-refractivity contribution in [3.05, 3.63) is 34.1 Å². The Balaban J connectivity index is 2.77. The van der Waals surface area contributed by atoms with Crippen molar-refractivity contribution >= 4 is 21.7 Å². The average molecular weight is 289 g/mol. The molecule has 1 N–H and O–H groups in total. The summed E-state index contributed by atoms with van der Waals surface area (Å²) in [7, 11) is 0. The number of hydrogen-bond acceptors (Lipinski definition) is 2. The van der Waals surface area contributed by atoms with Crippen LogP contribution in [0.4, 0.5) is 4.39 Å². The molecule has 0 aromatic heterocycles. The van der Waals surface area contributed by atoms with Crippen LogP contribution in [0.5, 0.6) is 0 Å². The van der Waals surface area contributed by atoms with Gasteiger partial charge in [0.1, 0.15) is 11.9 Å². The number of Topliss-reactive ketones (excluding diaryl/α,β-unsaturated/α-hetero) is 1. The van der Waals surface area contributed by atoms with Gasteiger partial charge in [-0.1, -0.05) is 29.8 Å². The first-order valence-electron chi connectivity index (χ1n) is 5.06. The molecule has 88 valence electrons. The van der Waals surface area contributed by atoms with Crippen molar-refractivity contribution in [1.29, 1.82) is 0 Å². The van der Waals surface area contributed by atoms with Crippen LogP contribution < -0.4 is 0 Å². The van der Waals surface area contributed by atoms with Crippen LogP contribution in [0.25, 0.3) is 0 Å². The first-order valence-corrected chi connectivity index (χ1v) is 5.85. The van der Waals surface area contributed by atoms with E-state index in [0.717, 1.165) is 0 Å². The standard InChI is InChI=1S/C12H14BrFO2/c1-7(2)12(16)11(15)5-8-3-9(13)6-10(14)4-8/h3-4,6-7,12,16H,5H2,1-2H3. The fraction of sp³-hybridized carbons (Fsp3) is 0.417. The average Bonchev–Trinajstić information content (AvgIpc) is 2.14. The molecule has 1 atom stereocenters. The molecule has 0 aliphatic rings. The van der Waals surface area contributed by atoms with E-state index in [0.29, 0.717) is 10.0 Å². The molecule has 0 fully saturated rings. The Hall–Kier alpha value is -0.740. The molecule has 1 aromatic carbocycles.